The van der Waals surface area contributed by atoms with Gasteiger partial charge in [0.2, 0.25) is 0 Å². The molecule has 0 saturated heterocycles. The number of nitrogens with zero attached hydrogens (tertiary/aromatic N) is 1. The van der Waals surface area contributed by atoms with Crippen LogP contribution in [0.1, 0.15) is 54.9 Å². The Hall–Kier alpha value is -1.86. The molecule has 2 rings (SSSR count). The average Bonchev–Trinajstić information content (AvgIpc) is 2.54. The van der Waals surface area contributed by atoms with E-state index in [0.29, 0.717) is 18.0 Å². The smallest absolute Gasteiger partial charge is 0.253 e. The van der Waals surface area contributed by atoms with Crippen molar-refractivity contribution < 1.29 is 4.79 Å². The first-order valence-corrected chi connectivity index (χ1v) is 7.65. The van der Waals surface area contributed by atoms with Crippen LogP contribution in [0.4, 0.5) is 0 Å². The molecule has 1 amide bonds. The first kappa shape index (κ1) is 15.5. The second-order valence-electron chi connectivity index (χ2n) is 5.63. The van der Waals surface area contributed by atoms with Crippen molar-refractivity contribution in [1.82, 2.24) is 10.3 Å². The van der Waals surface area contributed by atoms with Crippen molar-refractivity contribution in [2.75, 3.05) is 6.54 Å². The first-order valence-electron chi connectivity index (χ1n) is 7.65. The van der Waals surface area contributed by atoms with Crippen molar-refractivity contribution in [3.8, 4) is 11.8 Å². The summed E-state index contributed by atoms with van der Waals surface area (Å²) in [6.45, 7) is 2.40. The number of aromatic nitrogens is 1. The van der Waals surface area contributed by atoms with Gasteiger partial charge in [0.15, 0.2) is 0 Å². The number of hydrogen-bond donors (Lipinski definition) is 2. The highest BCUT2D eigenvalue weighted by molar-refractivity contribution is 5.94. The van der Waals surface area contributed by atoms with Gasteiger partial charge in [-0.3, -0.25) is 9.78 Å². The fraction of sp³-hybridized carbons (Fsp3) is 0.529. The maximum atomic E-state index is 12.3. The number of rotatable bonds is 3. The van der Waals surface area contributed by atoms with Crippen LogP contribution in [0, 0.1) is 17.8 Å². The van der Waals surface area contributed by atoms with Crippen LogP contribution in [0.5, 0.6) is 0 Å². The minimum atomic E-state index is -0.0722. The highest BCUT2D eigenvalue weighted by Crippen LogP contribution is 2.26. The minimum absolute atomic E-state index is 0.0722. The van der Waals surface area contributed by atoms with Crippen molar-refractivity contribution in [2.24, 2.45) is 11.7 Å². The molecule has 0 spiro atoms. The molecule has 1 aliphatic carbocycles. The van der Waals surface area contributed by atoms with Crippen molar-refractivity contribution in [2.45, 2.75) is 45.1 Å². The number of nitrogens with two attached hydrogens (primary N) is 1. The maximum absolute atomic E-state index is 12.3. The van der Waals surface area contributed by atoms with Gasteiger partial charge in [-0.15, -0.1) is 0 Å². The highest BCUT2D eigenvalue weighted by atomic mass is 16.1. The molecule has 0 aromatic carbocycles. The minimum Gasteiger partial charge on any atom is -0.349 e. The molecule has 1 fully saturated rings. The van der Waals surface area contributed by atoms with Crippen LogP contribution < -0.4 is 11.1 Å². The molecule has 0 aliphatic heterocycles. The molecular weight excluding hydrogens is 262 g/mol. The second kappa shape index (κ2) is 7.80. The zero-order valence-electron chi connectivity index (χ0n) is 12.6. The Morgan fingerprint density at radius 1 is 1.43 bits per heavy atom. The molecule has 1 heterocycles. The van der Waals surface area contributed by atoms with Gasteiger partial charge in [-0.05, 0) is 31.7 Å². The Morgan fingerprint density at radius 2 is 2.19 bits per heavy atom. The zero-order valence-corrected chi connectivity index (χ0v) is 12.6. The van der Waals surface area contributed by atoms with E-state index in [0.717, 1.165) is 5.56 Å². The second-order valence-corrected chi connectivity index (χ2v) is 5.63. The third-order valence-electron chi connectivity index (χ3n) is 4.05. The summed E-state index contributed by atoms with van der Waals surface area (Å²) >= 11 is 0. The van der Waals surface area contributed by atoms with Crippen LogP contribution in [0.3, 0.4) is 0 Å². The van der Waals surface area contributed by atoms with E-state index in [2.05, 4.69) is 29.1 Å². The number of carbonyl (C=O) groups excluding carboxylic acids is 1. The summed E-state index contributed by atoms with van der Waals surface area (Å²) in [5.41, 5.74) is 6.63. The number of hydrogen-bond acceptors (Lipinski definition) is 3. The van der Waals surface area contributed by atoms with Gasteiger partial charge < -0.3 is 11.1 Å². The van der Waals surface area contributed by atoms with Gasteiger partial charge in [0.1, 0.15) is 0 Å². The lowest BCUT2D eigenvalue weighted by atomic mass is 9.84. The predicted molar refractivity (Wildman–Crippen MR) is 83.7 cm³/mol. The van der Waals surface area contributed by atoms with E-state index >= 15 is 0 Å². The van der Waals surface area contributed by atoms with Crippen LogP contribution in [0.2, 0.25) is 0 Å². The van der Waals surface area contributed by atoms with Crippen molar-refractivity contribution in [1.29, 1.82) is 0 Å². The molecule has 0 bridgehead atoms. The van der Waals surface area contributed by atoms with E-state index in [-0.39, 0.29) is 11.9 Å². The molecule has 112 valence electrons. The van der Waals surface area contributed by atoms with Gasteiger partial charge >= 0.3 is 0 Å². The number of amides is 1. The summed E-state index contributed by atoms with van der Waals surface area (Å²) in [6, 6.07) is 1.97. The van der Waals surface area contributed by atoms with E-state index in [4.69, 9.17) is 5.73 Å². The largest absolute Gasteiger partial charge is 0.349 e. The zero-order chi connectivity index (χ0) is 15.1. The number of carbonyl (C=O) groups is 1. The van der Waals surface area contributed by atoms with Crippen molar-refractivity contribution in [3.05, 3.63) is 29.6 Å². The van der Waals surface area contributed by atoms with Crippen molar-refractivity contribution in [3.63, 3.8) is 0 Å². The molecule has 1 saturated carbocycles. The topological polar surface area (TPSA) is 68.0 Å². The Balaban J connectivity index is 1.99. The number of pyridine rings is 1. The van der Waals surface area contributed by atoms with Gasteiger partial charge in [-0.25, -0.2) is 0 Å². The molecular formula is C17H23N3O. The van der Waals surface area contributed by atoms with Gasteiger partial charge in [0.05, 0.1) is 12.1 Å². The normalized spacial score (nSPS) is 16.7. The summed E-state index contributed by atoms with van der Waals surface area (Å²) < 4.78 is 0. The van der Waals surface area contributed by atoms with E-state index in [1.807, 2.05) is 0 Å². The van der Waals surface area contributed by atoms with Crippen LogP contribution in [-0.4, -0.2) is 23.5 Å². The predicted octanol–water partition coefficient (Wildman–Crippen LogP) is 2.09. The molecule has 0 radical (unpaired) electrons. The summed E-state index contributed by atoms with van der Waals surface area (Å²) in [5, 5.41) is 3.10. The molecule has 1 atom stereocenters. The molecule has 1 unspecified atom stereocenters. The van der Waals surface area contributed by atoms with Crippen LogP contribution in [0.15, 0.2) is 18.5 Å². The lowest BCUT2D eigenvalue weighted by Crippen LogP contribution is -2.38. The Kier molecular flexibility index (Phi) is 5.77. The maximum Gasteiger partial charge on any atom is 0.253 e. The Bertz CT molecular complexity index is 538. The lowest BCUT2D eigenvalue weighted by molar-refractivity contribution is 0.0919. The summed E-state index contributed by atoms with van der Waals surface area (Å²) in [5.74, 6) is 6.19. The van der Waals surface area contributed by atoms with E-state index in [9.17, 15) is 4.79 Å². The third kappa shape index (κ3) is 4.57. The third-order valence-corrected chi connectivity index (χ3v) is 4.05. The van der Waals surface area contributed by atoms with Gasteiger partial charge in [-0.2, -0.15) is 0 Å². The van der Waals surface area contributed by atoms with E-state index < -0.39 is 0 Å². The summed E-state index contributed by atoms with van der Waals surface area (Å²) in [4.78, 5) is 16.4. The molecule has 1 aliphatic rings. The van der Waals surface area contributed by atoms with Crippen LogP contribution in [-0.2, 0) is 0 Å². The SMILES string of the molecule is CC(NC(=O)c1cncc(C#CCN)c1)C1CCCCC1. The summed E-state index contributed by atoms with van der Waals surface area (Å²) in [7, 11) is 0. The fourth-order valence-corrected chi connectivity index (χ4v) is 2.83. The Labute approximate surface area is 126 Å². The molecule has 4 heteroatoms. The number of nitrogens with one attached hydrogen (secondary N) is 1. The van der Waals surface area contributed by atoms with Gasteiger partial charge in [-0.1, -0.05) is 31.1 Å². The molecule has 3 N–H and O–H groups in total. The Morgan fingerprint density at radius 3 is 2.90 bits per heavy atom. The standard InChI is InChI=1S/C17H23N3O/c1-13(15-7-3-2-4-8-15)20-17(21)16-10-14(6-5-9-18)11-19-12-16/h10-13,15H,2-4,7-9,18H2,1H3,(H,20,21). The first-order chi connectivity index (χ1) is 10.2. The molecule has 21 heavy (non-hydrogen) atoms. The average molecular weight is 285 g/mol. The van der Waals surface area contributed by atoms with E-state index in [1.165, 1.54) is 32.1 Å². The quantitative estimate of drug-likeness (QED) is 0.836. The highest BCUT2D eigenvalue weighted by Gasteiger charge is 2.21. The van der Waals surface area contributed by atoms with Crippen LogP contribution >= 0.6 is 0 Å². The van der Waals surface area contributed by atoms with E-state index in [1.54, 1.807) is 18.5 Å². The van der Waals surface area contributed by atoms with Gasteiger partial charge in [0.25, 0.3) is 5.91 Å². The fourth-order valence-electron chi connectivity index (χ4n) is 2.83. The molecule has 4 nitrogen and oxygen atoms in total. The van der Waals surface area contributed by atoms with Crippen LogP contribution in [0.25, 0.3) is 0 Å². The summed E-state index contributed by atoms with van der Waals surface area (Å²) in [6.07, 6.45) is 9.51. The molecule has 1 aromatic rings. The monoisotopic (exact) mass is 285 g/mol. The molecule has 1 aromatic heterocycles. The van der Waals surface area contributed by atoms with Gasteiger partial charge in [0, 0.05) is 24.0 Å². The lowest BCUT2D eigenvalue weighted by Gasteiger charge is -2.28. The van der Waals surface area contributed by atoms with Crippen molar-refractivity contribution >= 4 is 5.91 Å².